The number of aliphatic carboxylic acids is 1. The van der Waals surface area contributed by atoms with Gasteiger partial charge in [0, 0.05) is 17.6 Å². The second-order valence-electron chi connectivity index (χ2n) is 4.61. The number of thiophene rings is 1. The van der Waals surface area contributed by atoms with Gasteiger partial charge in [-0.25, -0.2) is 4.79 Å². The fourth-order valence-electron chi connectivity index (χ4n) is 1.97. The van der Waals surface area contributed by atoms with E-state index in [0.717, 1.165) is 29.4 Å². The van der Waals surface area contributed by atoms with Gasteiger partial charge in [0.25, 0.3) is 0 Å². The van der Waals surface area contributed by atoms with Crippen molar-refractivity contribution >= 4 is 23.4 Å². The molecule has 0 amide bonds. The number of rotatable bonds is 7. The summed E-state index contributed by atoms with van der Waals surface area (Å²) >= 11 is 1.61. The lowest BCUT2D eigenvalue weighted by molar-refractivity contribution is -0.131. The molecule has 2 rings (SSSR count). The molecule has 1 aromatic rings. The van der Waals surface area contributed by atoms with E-state index < -0.39 is 5.97 Å². The summed E-state index contributed by atoms with van der Waals surface area (Å²) in [4.78, 5) is 11.6. The maximum absolute atomic E-state index is 10.5. The molecule has 0 spiro atoms. The maximum Gasteiger partial charge on any atom is 0.328 e. The molecule has 0 radical (unpaired) electrons. The van der Waals surface area contributed by atoms with Gasteiger partial charge in [0.2, 0.25) is 0 Å². The molecular weight excluding hydrogens is 248 g/mol. The molecule has 1 fully saturated rings. The zero-order valence-electron chi connectivity index (χ0n) is 10.3. The Balaban J connectivity index is 1.74. The molecule has 1 N–H and O–H groups in total. The smallest absolute Gasteiger partial charge is 0.328 e. The van der Waals surface area contributed by atoms with Gasteiger partial charge in [0.1, 0.15) is 0 Å². The summed E-state index contributed by atoms with van der Waals surface area (Å²) in [6.07, 6.45) is 8.04. The summed E-state index contributed by atoms with van der Waals surface area (Å²) in [7, 11) is 0. The van der Waals surface area contributed by atoms with Crippen LogP contribution in [0.25, 0.3) is 6.08 Å². The van der Waals surface area contributed by atoms with E-state index in [0.29, 0.717) is 6.61 Å². The number of hydrogen-bond donors (Lipinski definition) is 1. The van der Waals surface area contributed by atoms with Crippen LogP contribution >= 0.6 is 11.3 Å². The Bertz CT molecular complexity index is 418. The number of hydrogen-bond acceptors (Lipinski definition) is 3. The third-order valence-corrected chi connectivity index (χ3v) is 4.22. The normalized spacial score (nSPS) is 16.0. The van der Waals surface area contributed by atoms with E-state index in [1.54, 1.807) is 17.4 Å². The quantitative estimate of drug-likeness (QED) is 0.606. The van der Waals surface area contributed by atoms with E-state index >= 15 is 0 Å². The van der Waals surface area contributed by atoms with Crippen LogP contribution in [0.15, 0.2) is 17.5 Å². The van der Waals surface area contributed by atoms with Crippen molar-refractivity contribution in [2.24, 2.45) is 5.92 Å². The molecule has 18 heavy (non-hydrogen) atoms. The third kappa shape index (κ3) is 3.96. The molecule has 3 nitrogen and oxygen atoms in total. The van der Waals surface area contributed by atoms with Crippen LogP contribution in [-0.4, -0.2) is 17.7 Å². The summed E-state index contributed by atoms with van der Waals surface area (Å²) in [5, 5.41) is 10.6. The standard InChI is InChI=1S/C14H18O3S/c15-14(16)5-4-12-7-9-18-13(12)10-17-8-6-11-2-1-3-11/h4-5,7,9,11H,1-3,6,8,10H2,(H,15,16)/b5-4+. The zero-order valence-corrected chi connectivity index (χ0v) is 11.1. The fraction of sp³-hybridized carbons (Fsp3) is 0.500. The SMILES string of the molecule is O=C(O)/C=C/c1ccsc1COCCC1CCC1. The Hall–Kier alpha value is -1.13. The topological polar surface area (TPSA) is 46.5 Å². The monoisotopic (exact) mass is 266 g/mol. The van der Waals surface area contributed by atoms with E-state index in [1.807, 2.05) is 11.4 Å². The molecule has 0 aromatic carbocycles. The van der Waals surface area contributed by atoms with Crippen LogP contribution < -0.4 is 0 Å². The Morgan fingerprint density at radius 1 is 1.56 bits per heavy atom. The van der Waals surface area contributed by atoms with E-state index in [9.17, 15) is 4.79 Å². The van der Waals surface area contributed by atoms with Gasteiger partial charge in [-0.3, -0.25) is 0 Å². The van der Waals surface area contributed by atoms with Crippen molar-refractivity contribution < 1.29 is 14.6 Å². The lowest BCUT2D eigenvalue weighted by Gasteiger charge is -2.24. The highest BCUT2D eigenvalue weighted by atomic mass is 32.1. The molecule has 0 bridgehead atoms. The van der Waals surface area contributed by atoms with Gasteiger partial charge >= 0.3 is 5.97 Å². The first-order valence-electron chi connectivity index (χ1n) is 6.31. The van der Waals surface area contributed by atoms with Crippen molar-refractivity contribution in [3.05, 3.63) is 28.0 Å². The van der Waals surface area contributed by atoms with Crippen molar-refractivity contribution in [2.75, 3.05) is 6.61 Å². The highest BCUT2D eigenvalue weighted by Gasteiger charge is 2.16. The van der Waals surface area contributed by atoms with Gasteiger partial charge in [-0.2, -0.15) is 0 Å². The Kier molecular flexibility index (Phi) is 4.96. The highest BCUT2D eigenvalue weighted by Crippen LogP contribution is 2.29. The molecule has 4 heteroatoms. The van der Waals surface area contributed by atoms with Crippen LogP contribution in [0.3, 0.4) is 0 Å². The van der Waals surface area contributed by atoms with Crippen molar-refractivity contribution in [2.45, 2.75) is 32.3 Å². The van der Waals surface area contributed by atoms with Gasteiger partial charge < -0.3 is 9.84 Å². The highest BCUT2D eigenvalue weighted by molar-refractivity contribution is 7.10. The number of carboxylic acids is 1. The first-order valence-corrected chi connectivity index (χ1v) is 7.19. The average Bonchev–Trinajstić information content (AvgIpc) is 2.71. The van der Waals surface area contributed by atoms with E-state index in [2.05, 4.69) is 0 Å². The van der Waals surface area contributed by atoms with Crippen molar-refractivity contribution in [3.8, 4) is 0 Å². The first-order chi connectivity index (χ1) is 8.75. The largest absolute Gasteiger partial charge is 0.478 e. The molecule has 1 aliphatic carbocycles. The van der Waals surface area contributed by atoms with E-state index in [1.165, 1.54) is 25.3 Å². The molecule has 0 saturated heterocycles. The second-order valence-corrected chi connectivity index (χ2v) is 5.61. The van der Waals surface area contributed by atoms with E-state index in [4.69, 9.17) is 9.84 Å². The predicted molar refractivity (Wildman–Crippen MR) is 72.6 cm³/mol. The zero-order chi connectivity index (χ0) is 12.8. The lowest BCUT2D eigenvalue weighted by Crippen LogP contribution is -2.13. The summed E-state index contributed by atoms with van der Waals surface area (Å²) < 4.78 is 5.66. The lowest BCUT2D eigenvalue weighted by atomic mass is 9.83. The van der Waals surface area contributed by atoms with Crippen LogP contribution in [0.1, 0.15) is 36.1 Å². The van der Waals surface area contributed by atoms with Gasteiger partial charge in [0.15, 0.2) is 0 Å². The Morgan fingerprint density at radius 2 is 2.39 bits per heavy atom. The van der Waals surface area contributed by atoms with Crippen molar-refractivity contribution in [1.29, 1.82) is 0 Å². The molecule has 1 aromatic heterocycles. The first kappa shape index (κ1) is 13.3. The van der Waals surface area contributed by atoms with Crippen LogP contribution in [0, 0.1) is 5.92 Å². The van der Waals surface area contributed by atoms with Gasteiger partial charge in [-0.1, -0.05) is 19.3 Å². The van der Waals surface area contributed by atoms with Gasteiger partial charge in [-0.15, -0.1) is 11.3 Å². The second kappa shape index (κ2) is 6.71. The van der Waals surface area contributed by atoms with E-state index in [-0.39, 0.29) is 0 Å². The minimum absolute atomic E-state index is 0.587. The molecule has 98 valence electrons. The Labute approximate surface area is 111 Å². The number of carboxylic acid groups (broad SMARTS) is 1. The van der Waals surface area contributed by atoms with Crippen LogP contribution in [0.5, 0.6) is 0 Å². The van der Waals surface area contributed by atoms with Gasteiger partial charge in [-0.05, 0) is 35.4 Å². The fourth-order valence-corrected chi connectivity index (χ4v) is 2.78. The molecule has 1 heterocycles. The van der Waals surface area contributed by atoms with Crippen molar-refractivity contribution in [1.82, 2.24) is 0 Å². The van der Waals surface area contributed by atoms with Crippen molar-refractivity contribution in [3.63, 3.8) is 0 Å². The van der Waals surface area contributed by atoms with Crippen LogP contribution in [0.4, 0.5) is 0 Å². The van der Waals surface area contributed by atoms with Gasteiger partial charge in [0.05, 0.1) is 6.61 Å². The molecule has 0 atom stereocenters. The number of ether oxygens (including phenoxy) is 1. The minimum atomic E-state index is -0.918. The maximum atomic E-state index is 10.5. The Morgan fingerprint density at radius 3 is 3.06 bits per heavy atom. The molecule has 1 saturated carbocycles. The summed E-state index contributed by atoms with van der Waals surface area (Å²) in [6.45, 7) is 1.40. The van der Waals surface area contributed by atoms with Crippen LogP contribution in [0.2, 0.25) is 0 Å². The molecule has 0 aliphatic heterocycles. The number of carbonyl (C=O) groups is 1. The molecular formula is C14H18O3S. The summed E-state index contributed by atoms with van der Waals surface area (Å²) in [6, 6.07) is 1.93. The predicted octanol–water partition coefficient (Wildman–Crippen LogP) is 3.55. The molecule has 1 aliphatic rings. The average molecular weight is 266 g/mol. The third-order valence-electron chi connectivity index (χ3n) is 3.31. The summed E-state index contributed by atoms with van der Waals surface area (Å²) in [5.41, 5.74) is 0.950. The summed E-state index contributed by atoms with van der Waals surface area (Å²) in [5.74, 6) is -0.0437. The van der Waals surface area contributed by atoms with Crippen LogP contribution in [-0.2, 0) is 16.1 Å². The molecule has 0 unspecified atom stereocenters. The minimum Gasteiger partial charge on any atom is -0.478 e.